The van der Waals surface area contributed by atoms with Crippen molar-refractivity contribution in [2.24, 2.45) is 11.7 Å². The number of piperazine rings is 1. The topological polar surface area (TPSA) is 116 Å². The van der Waals surface area contributed by atoms with E-state index in [9.17, 15) is 18.3 Å². The van der Waals surface area contributed by atoms with E-state index in [4.69, 9.17) is 22.1 Å². The van der Waals surface area contributed by atoms with Crippen LogP contribution in [0.15, 0.2) is 71.6 Å². The lowest BCUT2D eigenvalue weighted by Gasteiger charge is -2.34. The zero-order valence-corrected chi connectivity index (χ0v) is 23.4. The molecule has 6 rings (SSSR count). The van der Waals surface area contributed by atoms with Gasteiger partial charge in [-0.25, -0.2) is 13.2 Å². The standard InChI is InChI=1S/C29H31ClN4O5S/c30-23-12-13-25(34(29(31)36)24-8-4-5-9-26(24)39-18-20-6-2-1-3-7-20)27(35)28(23)40(37,38)33-17-21-14-22(33)16-32(21)15-19-10-11-19/h1-9,12-13,19,21-22,35H,10-11,14-18H2,(H2,31,36)/t21-,22-/m0/s1. The number of ether oxygens (including phenoxy) is 1. The number of fused-ring (bicyclic) bond motifs is 2. The summed E-state index contributed by atoms with van der Waals surface area (Å²) in [5, 5.41) is 11.3. The van der Waals surface area contributed by atoms with Gasteiger partial charge in [-0.1, -0.05) is 54.1 Å². The first-order valence-corrected chi connectivity index (χ1v) is 15.2. The molecule has 40 heavy (non-hydrogen) atoms. The number of amides is 2. The molecule has 0 radical (unpaired) electrons. The summed E-state index contributed by atoms with van der Waals surface area (Å²) >= 11 is 6.42. The number of urea groups is 1. The summed E-state index contributed by atoms with van der Waals surface area (Å²) in [6.07, 6.45) is 3.23. The number of nitrogens with zero attached hydrogens (tertiary/aromatic N) is 3. The van der Waals surface area contributed by atoms with Crippen molar-refractivity contribution in [1.82, 2.24) is 9.21 Å². The normalized spacial score (nSPS) is 21.0. The fourth-order valence-electron chi connectivity index (χ4n) is 5.81. The van der Waals surface area contributed by atoms with Crippen LogP contribution in [0.4, 0.5) is 16.2 Å². The molecule has 1 aliphatic carbocycles. The number of phenols is 1. The van der Waals surface area contributed by atoms with Gasteiger partial charge in [0.25, 0.3) is 0 Å². The SMILES string of the molecule is NC(=O)N(c1ccccc1OCc1ccccc1)c1ccc(Cl)c(S(=O)(=O)N2C[C@@H]3C[C@H]2CN3CC2CC2)c1O. The molecule has 3 aromatic carbocycles. The molecule has 2 aliphatic heterocycles. The number of phenolic OH excluding ortho intramolecular Hbond substituents is 1. The lowest BCUT2D eigenvalue weighted by molar-refractivity contribution is 0.175. The van der Waals surface area contributed by atoms with E-state index in [0.717, 1.165) is 29.3 Å². The summed E-state index contributed by atoms with van der Waals surface area (Å²) in [5.74, 6) is 0.414. The Hall–Kier alpha value is -3.31. The quantitative estimate of drug-likeness (QED) is 0.378. The number of rotatable bonds is 9. The number of aromatic hydroxyl groups is 1. The van der Waals surface area contributed by atoms with E-state index >= 15 is 0 Å². The molecular formula is C29H31ClN4O5S. The molecule has 3 aromatic rings. The second kappa shape index (κ2) is 10.6. The number of benzene rings is 3. The first kappa shape index (κ1) is 26.9. The van der Waals surface area contributed by atoms with E-state index in [1.807, 2.05) is 30.3 Å². The van der Waals surface area contributed by atoms with Gasteiger partial charge < -0.3 is 15.6 Å². The molecule has 3 aliphatic rings. The third kappa shape index (κ3) is 5.01. The van der Waals surface area contributed by atoms with E-state index in [2.05, 4.69) is 4.90 Å². The van der Waals surface area contributed by atoms with E-state index in [-0.39, 0.29) is 35.1 Å². The molecule has 11 heteroatoms. The Morgan fingerprint density at radius 3 is 2.40 bits per heavy atom. The van der Waals surface area contributed by atoms with Crippen LogP contribution in [0.3, 0.4) is 0 Å². The molecule has 9 nitrogen and oxygen atoms in total. The van der Waals surface area contributed by atoms with Crippen LogP contribution in [-0.4, -0.2) is 60.5 Å². The van der Waals surface area contributed by atoms with Crippen molar-refractivity contribution in [2.45, 2.75) is 42.8 Å². The zero-order valence-electron chi connectivity index (χ0n) is 21.8. The minimum atomic E-state index is -4.17. The number of halogens is 1. The average Bonchev–Trinajstić information content (AvgIpc) is 3.52. The van der Waals surface area contributed by atoms with Crippen LogP contribution in [0, 0.1) is 5.92 Å². The van der Waals surface area contributed by atoms with Gasteiger partial charge in [-0.2, -0.15) is 4.31 Å². The Morgan fingerprint density at radius 1 is 1.00 bits per heavy atom. The number of sulfonamides is 1. The minimum Gasteiger partial charge on any atom is -0.504 e. The maximum Gasteiger partial charge on any atom is 0.324 e. The van der Waals surface area contributed by atoms with Crippen LogP contribution >= 0.6 is 11.6 Å². The summed E-state index contributed by atoms with van der Waals surface area (Å²) in [7, 11) is -4.17. The molecular weight excluding hydrogens is 552 g/mol. The van der Waals surface area contributed by atoms with E-state index in [1.165, 1.54) is 29.3 Å². The Kier molecular flexibility index (Phi) is 7.12. The van der Waals surface area contributed by atoms with Crippen LogP contribution in [-0.2, 0) is 16.6 Å². The largest absolute Gasteiger partial charge is 0.504 e. The first-order chi connectivity index (χ1) is 19.2. The molecule has 3 N–H and O–H groups in total. The second-order valence-electron chi connectivity index (χ2n) is 10.7. The van der Waals surface area contributed by atoms with Crippen LogP contribution in [0.25, 0.3) is 0 Å². The Morgan fingerprint density at radius 2 is 1.73 bits per heavy atom. The summed E-state index contributed by atoms with van der Waals surface area (Å²) in [6, 6.07) is 18.0. The van der Waals surface area contributed by atoms with Gasteiger partial charge in [-0.05, 0) is 55.0 Å². The van der Waals surface area contributed by atoms with Gasteiger partial charge in [0.2, 0.25) is 10.0 Å². The number of anilines is 2. The van der Waals surface area contributed by atoms with Gasteiger partial charge in [-0.3, -0.25) is 9.80 Å². The molecule has 2 atom stereocenters. The fraction of sp³-hybridized carbons (Fsp3) is 0.345. The number of primary amides is 1. The van der Waals surface area contributed by atoms with Crippen molar-refractivity contribution >= 4 is 39.0 Å². The molecule has 2 heterocycles. The number of likely N-dealkylation sites (tertiary alicyclic amines) is 1. The van der Waals surface area contributed by atoms with E-state index < -0.39 is 26.7 Å². The van der Waals surface area contributed by atoms with Crippen molar-refractivity contribution in [3.05, 3.63) is 77.3 Å². The lowest BCUT2D eigenvalue weighted by atomic mass is 10.2. The molecule has 2 saturated heterocycles. The molecule has 1 saturated carbocycles. The summed E-state index contributed by atoms with van der Waals surface area (Å²) in [6.45, 7) is 2.25. The number of para-hydroxylation sites is 2. The number of hydrogen-bond acceptors (Lipinski definition) is 6. The van der Waals surface area contributed by atoms with Crippen LogP contribution in [0.5, 0.6) is 11.5 Å². The number of carbonyl (C=O) groups is 1. The monoisotopic (exact) mass is 582 g/mol. The molecule has 0 aromatic heterocycles. The van der Waals surface area contributed by atoms with Gasteiger partial charge in [0.15, 0.2) is 5.75 Å². The van der Waals surface area contributed by atoms with Crippen molar-refractivity contribution in [1.29, 1.82) is 0 Å². The highest BCUT2D eigenvalue weighted by Gasteiger charge is 2.50. The van der Waals surface area contributed by atoms with Crippen LogP contribution in [0.1, 0.15) is 24.8 Å². The highest BCUT2D eigenvalue weighted by atomic mass is 35.5. The predicted molar refractivity (Wildman–Crippen MR) is 152 cm³/mol. The van der Waals surface area contributed by atoms with Crippen molar-refractivity contribution in [3.8, 4) is 11.5 Å². The Labute approximate surface area is 238 Å². The van der Waals surface area contributed by atoms with E-state index in [0.29, 0.717) is 18.8 Å². The molecule has 2 amide bonds. The fourth-order valence-corrected chi connectivity index (χ4v) is 8.07. The van der Waals surface area contributed by atoms with Crippen LogP contribution < -0.4 is 15.4 Å². The summed E-state index contributed by atoms with van der Waals surface area (Å²) in [5.41, 5.74) is 6.86. The summed E-state index contributed by atoms with van der Waals surface area (Å²) < 4.78 is 35.3. The average molecular weight is 583 g/mol. The van der Waals surface area contributed by atoms with E-state index in [1.54, 1.807) is 24.3 Å². The smallest absolute Gasteiger partial charge is 0.324 e. The molecule has 3 fully saturated rings. The number of carbonyl (C=O) groups excluding carboxylic acids is 1. The second-order valence-corrected chi connectivity index (χ2v) is 12.9. The third-order valence-electron chi connectivity index (χ3n) is 7.93. The maximum atomic E-state index is 13.9. The number of nitrogens with two attached hydrogens (primary N) is 1. The lowest BCUT2D eigenvalue weighted by Crippen LogP contribution is -2.49. The Balaban J connectivity index is 1.32. The molecule has 0 unspecified atom stereocenters. The third-order valence-corrected chi connectivity index (χ3v) is 10.3. The van der Waals surface area contributed by atoms with Gasteiger partial charge in [0.05, 0.1) is 16.4 Å². The highest BCUT2D eigenvalue weighted by Crippen LogP contribution is 2.46. The minimum absolute atomic E-state index is 0.106. The number of hydrogen-bond donors (Lipinski definition) is 2. The Bertz CT molecular complexity index is 1530. The predicted octanol–water partition coefficient (Wildman–Crippen LogP) is 4.70. The van der Waals surface area contributed by atoms with Crippen LogP contribution in [0.2, 0.25) is 5.02 Å². The molecule has 210 valence electrons. The van der Waals surface area contributed by atoms with Crippen molar-refractivity contribution in [2.75, 3.05) is 24.5 Å². The van der Waals surface area contributed by atoms with Crippen molar-refractivity contribution in [3.63, 3.8) is 0 Å². The highest BCUT2D eigenvalue weighted by molar-refractivity contribution is 7.89. The maximum absolute atomic E-state index is 13.9. The first-order valence-electron chi connectivity index (χ1n) is 13.4. The van der Waals surface area contributed by atoms with Gasteiger partial charge in [0.1, 0.15) is 17.3 Å². The molecule has 2 bridgehead atoms. The van der Waals surface area contributed by atoms with Gasteiger partial charge >= 0.3 is 6.03 Å². The molecule has 0 spiro atoms. The summed E-state index contributed by atoms with van der Waals surface area (Å²) in [4.78, 5) is 15.8. The van der Waals surface area contributed by atoms with Crippen molar-refractivity contribution < 1.29 is 23.1 Å². The van der Waals surface area contributed by atoms with Gasteiger partial charge in [-0.15, -0.1) is 0 Å². The zero-order chi connectivity index (χ0) is 28.0. The van der Waals surface area contributed by atoms with Gasteiger partial charge in [0, 0.05) is 31.7 Å².